The Balaban J connectivity index is 2.45. The number of hydrogen-bond acceptors (Lipinski definition) is 4. The second kappa shape index (κ2) is 8.81. The third-order valence-electron chi connectivity index (χ3n) is 3.94. The third-order valence-corrected chi connectivity index (χ3v) is 5.86. The van der Waals surface area contributed by atoms with Crippen LogP contribution in [-0.4, -0.2) is 32.5 Å². The van der Waals surface area contributed by atoms with E-state index in [2.05, 4.69) is 5.32 Å². The Morgan fingerprint density at radius 2 is 1.79 bits per heavy atom. The maximum Gasteiger partial charge on any atom is 0.250 e. The molecular formula is C18H19Cl2N3O4S. The van der Waals surface area contributed by atoms with E-state index in [-0.39, 0.29) is 33.4 Å². The minimum Gasteiger partial charge on any atom is -0.366 e. The third kappa shape index (κ3) is 4.95. The zero-order valence-corrected chi connectivity index (χ0v) is 17.5. The molecule has 0 radical (unpaired) electrons. The van der Waals surface area contributed by atoms with Crippen molar-refractivity contribution in [1.29, 1.82) is 0 Å². The zero-order valence-electron chi connectivity index (χ0n) is 15.1. The van der Waals surface area contributed by atoms with Crippen LogP contribution in [0.4, 0.5) is 11.4 Å². The van der Waals surface area contributed by atoms with Gasteiger partial charge in [-0.2, -0.15) is 0 Å². The molecule has 0 unspecified atom stereocenters. The van der Waals surface area contributed by atoms with Gasteiger partial charge >= 0.3 is 0 Å². The van der Waals surface area contributed by atoms with Gasteiger partial charge in [0.05, 0.1) is 33.2 Å². The molecule has 0 aliphatic carbocycles. The Bertz CT molecular complexity index is 1010. The highest BCUT2D eigenvalue weighted by atomic mass is 35.5. The van der Waals surface area contributed by atoms with E-state index in [1.54, 1.807) is 19.1 Å². The Kier molecular flexibility index (Phi) is 6.92. The molecule has 0 aliphatic heterocycles. The molecule has 10 heteroatoms. The average molecular weight is 444 g/mol. The molecule has 0 spiro atoms. The van der Waals surface area contributed by atoms with Gasteiger partial charge in [0.25, 0.3) is 5.91 Å². The van der Waals surface area contributed by atoms with Gasteiger partial charge in [-0.15, -0.1) is 0 Å². The van der Waals surface area contributed by atoms with Crippen molar-refractivity contribution in [3.63, 3.8) is 0 Å². The number of para-hydroxylation sites is 1. The predicted octanol–water partition coefficient (Wildman–Crippen LogP) is 3.28. The van der Waals surface area contributed by atoms with Crippen molar-refractivity contribution in [1.82, 2.24) is 0 Å². The van der Waals surface area contributed by atoms with Gasteiger partial charge in [0.15, 0.2) is 0 Å². The van der Waals surface area contributed by atoms with Gasteiger partial charge in [0.1, 0.15) is 6.04 Å². The molecule has 3 N–H and O–H groups in total. The maximum atomic E-state index is 12.9. The Morgan fingerprint density at radius 3 is 2.32 bits per heavy atom. The number of amides is 2. The number of primary amides is 1. The van der Waals surface area contributed by atoms with E-state index in [0.29, 0.717) is 0 Å². The van der Waals surface area contributed by atoms with Crippen LogP contribution in [0.2, 0.25) is 10.0 Å². The number of nitrogens with two attached hydrogens (primary N) is 1. The molecule has 0 saturated carbocycles. The number of hydrogen-bond donors (Lipinski definition) is 2. The molecular weight excluding hydrogens is 425 g/mol. The number of sulfonamides is 1. The summed E-state index contributed by atoms with van der Waals surface area (Å²) in [5.41, 5.74) is 5.83. The first-order chi connectivity index (χ1) is 13.1. The summed E-state index contributed by atoms with van der Waals surface area (Å²) in [5, 5.41) is 3.00. The van der Waals surface area contributed by atoms with Crippen molar-refractivity contribution >= 4 is 56.4 Å². The molecule has 1 atom stereocenters. The van der Waals surface area contributed by atoms with Crippen LogP contribution in [0.5, 0.6) is 0 Å². The lowest BCUT2D eigenvalue weighted by atomic mass is 10.1. The molecule has 2 aromatic carbocycles. The number of nitrogens with zero attached hydrogens (tertiary/aromatic N) is 1. The number of halogens is 2. The number of anilines is 2. The van der Waals surface area contributed by atoms with Gasteiger partial charge in [0, 0.05) is 0 Å². The summed E-state index contributed by atoms with van der Waals surface area (Å²) in [4.78, 5) is 24.5. The summed E-state index contributed by atoms with van der Waals surface area (Å²) in [7, 11) is -3.84. The molecule has 0 aliphatic rings. The fourth-order valence-corrected chi connectivity index (χ4v) is 4.20. The van der Waals surface area contributed by atoms with E-state index in [4.69, 9.17) is 28.9 Å². The van der Waals surface area contributed by atoms with E-state index in [0.717, 1.165) is 10.6 Å². The van der Waals surface area contributed by atoms with E-state index < -0.39 is 27.9 Å². The molecule has 150 valence electrons. The summed E-state index contributed by atoms with van der Waals surface area (Å²) in [6.45, 7) is 1.67. The minimum atomic E-state index is -3.84. The van der Waals surface area contributed by atoms with Crippen molar-refractivity contribution in [2.24, 2.45) is 5.73 Å². The summed E-state index contributed by atoms with van der Waals surface area (Å²) in [6.07, 6.45) is 1.15. The number of benzene rings is 2. The van der Waals surface area contributed by atoms with Crippen LogP contribution in [0.3, 0.4) is 0 Å². The average Bonchev–Trinajstić information content (AvgIpc) is 2.61. The summed E-state index contributed by atoms with van der Waals surface area (Å²) in [5.74, 6) is -1.33. The van der Waals surface area contributed by atoms with Crippen LogP contribution < -0.4 is 15.4 Å². The largest absolute Gasteiger partial charge is 0.366 e. The summed E-state index contributed by atoms with van der Waals surface area (Å²) < 4.78 is 25.9. The molecule has 0 fully saturated rings. The second-order valence-corrected chi connectivity index (χ2v) is 8.65. The Labute approximate surface area is 173 Å². The van der Waals surface area contributed by atoms with Crippen LogP contribution in [0, 0.1) is 0 Å². The number of rotatable bonds is 7. The van der Waals surface area contributed by atoms with Gasteiger partial charge < -0.3 is 11.1 Å². The quantitative estimate of drug-likeness (QED) is 0.683. The summed E-state index contributed by atoms with van der Waals surface area (Å²) >= 11 is 11.9. The maximum absolute atomic E-state index is 12.9. The smallest absolute Gasteiger partial charge is 0.250 e. The van der Waals surface area contributed by atoms with Gasteiger partial charge in [-0.1, -0.05) is 42.3 Å². The molecule has 0 heterocycles. The van der Waals surface area contributed by atoms with Crippen LogP contribution in [-0.2, 0) is 14.8 Å². The van der Waals surface area contributed by atoms with Crippen molar-refractivity contribution in [2.75, 3.05) is 15.9 Å². The van der Waals surface area contributed by atoms with Crippen molar-refractivity contribution in [2.45, 2.75) is 19.4 Å². The van der Waals surface area contributed by atoms with Gasteiger partial charge in [0.2, 0.25) is 15.9 Å². The molecule has 0 aromatic heterocycles. The first-order valence-corrected chi connectivity index (χ1v) is 10.8. The Hall–Kier alpha value is -2.29. The monoisotopic (exact) mass is 443 g/mol. The standard InChI is InChI=1S/C18H19Cl2N3O4S/c1-3-16(18(25)22-15-7-5-4-6-12(15)17(21)24)23(28(2,26)27)11-8-9-13(19)14(20)10-11/h4-10,16H,3H2,1-2H3,(H2,21,24)(H,22,25)/t16-/m0/s1. The normalized spacial score (nSPS) is 12.3. The lowest BCUT2D eigenvalue weighted by Gasteiger charge is -2.30. The summed E-state index contributed by atoms with van der Waals surface area (Å²) in [6, 6.07) is 9.39. The minimum absolute atomic E-state index is 0.117. The van der Waals surface area contributed by atoms with E-state index >= 15 is 0 Å². The molecule has 28 heavy (non-hydrogen) atoms. The van der Waals surface area contributed by atoms with Crippen LogP contribution >= 0.6 is 23.2 Å². The molecule has 0 bridgehead atoms. The highest BCUT2D eigenvalue weighted by molar-refractivity contribution is 7.92. The van der Waals surface area contributed by atoms with Crippen LogP contribution in [0.15, 0.2) is 42.5 Å². The van der Waals surface area contributed by atoms with E-state index in [9.17, 15) is 18.0 Å². The van der Waals surface area contributed by atoms with Crippen molar-refractivity contribution in [3.05, 3.63) is 58.1 Å². The predicted molar refractivity (Wildman–Crippen MR) is 111 cm³/mol. The zero-order chi connectivity index (χ0) is 21.1. The fraction of sp³-hybridized carbons (Fsp3) is 0.222. The molecule has 0 saturated heterocycles. The van der Waals surface area contributed by atoms with E-state index in [1.807, 2.05) is 0 Å². The molecule has 2 amide bonds. The number of carbonyl (C=O) groups excluding carboxylic acids is 2. The Morgan fingerprint density at radius 1 is 1.14 bits per heavy atom. The molecule has 2 aromatic rings. The van der Waals surface area contributed by atoms with Gasteiger partial charge in [-0.05, 0) is 36.8 Å². The van der Waals surface area contributed by atoms with Gasteiger partial charge in [-0.3, -0.25) is 13.9 Å². The van der Waals surface area contributed by atoms with Gasteiger partial charge in [-0.25, -0.2) is 8.42 Å². The molecule has 7 nitrogen and oxygen atoms in total. The van der Waals surface area contributed by atoms with Crippen molar-refractivity contribution in [3.8, 4) is 0 Å². The lowest BCUT2D eigenvalue weighted by Crippen LogP contribution is -2.47. The van der Waals surface area contributed by atoms with Crippen LogP contribution in [0.1, 0.15) is 23.7 Å². The number of carbonyl (C=O) groups is 2. The SMILES string of the molecule is CC[C@@H](C(=O)Nc1ccccc1C(N)=O)N(c1ccc(Cl)c(Cl)c1)S(C)(=O)=O. The first-order valence-electron chi connectivity index (χ1n) is 8.20. The lowest BCUT2D eigenvalue weighted by molar-refractivity contribution is -0.117. The highest BCUT2D eigenvalue weighted by Crippen LogP contribution is 2.30. The number of nitrogens with one attached hydrogen (secondary N) is 1. The highest BCUT2D eigenvalue weighted by Gasteiger charge is 2.32. The fourth-order valence-electron chi connectivity index (χ4n) is 2.71. The van der Waals surface area contributed by atoms with Crippen LogP contribution in [0.25, 0.3) is 0 Å². The first kappa shape index (κ1) is 22.0. The van der Waals surface area contributed by atoms with Crippen molar-refractivity contribution < 1.29 is 18.0 Å². The topological polar surface area (TPSA) is 110 Å². The molecule has 2 rings (SSSR count). The van der Waals surface area contributed by atoms with E-state index in [1.165, 1.54) is 30.3 Å². The second-order valence-electron chi connectivity index (χ2n) is 5.98.